The first-order valence-electron chi connectivity index (χ1n) is 9.33. The zero-order valence-electron chi connectivity index (χ0n) is 14.6. The van der Waals surface area contributed by atoms with Crippen LogP contribution in [0.5, 0.6) is 0 Å². The van der Waals surface area contributed by atoms with Crippen molar-refractivity contribution in [3.8, 4) is 0 Å². The Hall–Kier alpha value is -2.82. The van der Waals surface area contributed by atoms with Crippen LogP contribution in [-0.4, -0.2) is 47.0 Å². The molecule has 1 aliphatic carbocycles. The molecule has 2 aromatic carbocycles. The molecule has 1 saturated heterocycles. The van der Waals surface area contributed by atoms with Crippen molar-refractivity contribution in [3.63, 3.8) is 0 Å². The monoisotopic (exact) mass is 346 g/mol. The normalized spacial score (nSPS) is 22.6. The minimum Gasteiger partial charge on any atom is -0.339 e. The third-order valence-electron chi connectivity index (χ3n) is 5.60. The van der Waals surface area contributed by atoms with E-state index in [0.29, 0.717) is 11.8 Å². The van der Waals surface area contributed by atoms with Gasteiger partial charge in [-0.15, -0.1) is 0 Å². The van der Waals surface area contributed by atoms with Gasteiger partial charge in [0.1, 0.15) is 0 Å². The molecule has 0 radical (unpaired) electrons. The van der Waals surface area contributed by atoms with Crippen LogP contribution in [0.3, 0.4) is 0 Å². The first-order chi connectivity index (χ1) is 12.8. The van der Waals surface area contributed by atoms with Crippen LogP contribution in [0.25, 0.3) is 11.0 Å². The first-order valence-corrected chi connectivity index (χ1v) is 9.33. The molecule has 5 heteroatoms. The molecule has 0 unspecified atom stereocenters. The second-order valence-electron chi connectivity index (χ2n) is 7.25. The predicted octanol–water partition coefficient (Wildman–Crippen LogP) is 3.02. The second kappa shape index (κ2) is 6.16. The van der Waals surface area contributed by atoms with E-state index in [1.54, 1.807) is 0 Å². The fraction of sp³-hybridized carbons (Fsp3) is 0.333. The predicted molar refractivity (Wildman–Crippen MR) is 102 cm³/mol. The molecule has 2 aliphatic rings. The van der Waals surface area contributed by atoms with Crippen molar-refractivity contribution in [2.75, 3.05) is 31.1 Å². The molecule has 1 N–H and O–H groups in total. The highest BCUT2D eigenvalue weighted by atomic mass is 16.2. The zero-order valence-corrected chi connectivity index (χ0v) is 14.6. The topological polar surface area (TPSA) is 52.2 Å². The number of piperazine rings is 1. The number of hydrogen-bond acceptors (Lipinski definition) is 3. The van der Waals surface area contributed by atoms with E-state index in [0.717, 1.165) is 49.6 Å². The van der Waals surface area contributed by atoms with Gasteiger partial charge < -0.3 is 14.8 Å². The van der Waals surface area contributed by atoms with Crippen LogP contribution < -0.4 is 4.90 Å². The zero-order chi connectivity index (χ0) is 17.5. The van der Waals surface area contributed by atoms with Gasteiger partial charge in [-0.25, -0.2) is 4.98 Å². The summed E-state index contributed by atoms with van der Waals surface area (Å²) < 4.78 is 0. The van der Waals surface area contributed by atoms with Gasteiger partial charge in [0.05, 0.1) is 11.0 Å². The van der Waals surface area contributed by atoms with E-state index in [1.165, 1.54) is 5.56 Å². The molecule has 1 amide bonds. The Labute approximate surface area is 152 Å². The molecule has 0 spiro atoms. The van der Waals surface area contributed by atoms with E-state index in [-0.39, 0.29) is 5.92 Å². The number of rotatable bonds is 3. The number of nitrogens with one attached hydrogen (secondary N) is 1. The van der Waals surface area contributed by atoms with Gasteiger partial charge in [0.2, 0.25) is 11.9 Å². The highest BCUT2D eigenvalue weighted by Crippen LogP contribution is 2.48. The molecular formula is C21H22N4O. The SMILES string of the molecule is O=C([C@@H]1C[C@H]1c1ccccc1)N1CCN(c2nc3ccccc3[nH]2)CC1. The highest BCUT2D eigenvalue weighted by molar-refractivity contribution is 5.83. The summed E-state index contributed by atoms with van der Waals surface area (Å²) in [5.74, 6) is 1.82. The molecular weight excluding hydrogens is 324 g/mol. The molecule has 1 saturated carbocycles. The van der Waals surface area contributed by atoms with E-state index in [1.807, 2.05) is 35.2 Å². The highest BCUT2D eigenvalue weighted by Gasteiger charge is 2.46. The van der Waals surface area contributed by atoms with E-state index < -0.39 is 0 Å². The van der Waals surface area contributed by atoms with Gasteiger partial charge in [0.15, 0.2) is 0 Å². The molecule has 3 aromatic rings. The number of carbonyl (C=O) groups is 1. The summed E-state index contributed by atoms with van der Waals surface area (Å²) in [6, 6.07) is 18.5. The maximum absolute atomic E-state index is 12.8. The van der Waals surface area contributed by atoms with Crippen LogP contribution >= 0.6 is 0 Å². The Bertz CT molecular complexity index is 894. The van der Waals surface area contributed by atoms with Gasteiger partial charge in [0, 0.05) is 32.1 Å². The molecule has 2 atom stereocenters. The smallest absolute Gasteiger partial charge is 0.226 e. The lowest BCUT2D eigenvalue weighted by molar-refractivity contribution is -0.133. The minimum atomic E-state index is 0.176. The number of aromatic amines is 1. The minimum absolute atomic E-state index is 0.176. The van der Waals surface area contributed by atoms with Gasteiger partial charge in [-0.3, -0.25) is 4.79 Å². The molecule has 1 aromatic heterocycles. The third-order valence-corrected chi connectivity index (χ3v) is 5.60. The lowest BCUT2D eigenvalue weighted by Crippen LogP contribution is -2.49. The number of fused-ring (bicyclic) bond motifs is 1. The Balaban J connectivity index is 1.21. The van der Waals surface area contributed by atoms with Gasteiger partial charge in [-0.2, -0.15) is 0 Å². The average Bonchev–Trinajstić information content (AvgIpc) is 3.39. The number of carbonyl (C=O) groups excluding carboxylic acids is 1. The fourth-order valence-electron chi connectivity index (χ4n) is 4.00. The maximum Gasteiger partial charge on any atom is 0.226 e. The van der Waals surface area contributed by atoms with Crippen LogP contribution in [0.15, 0.2) is 54.6 Å². The summed E-state index contributed by atoms with van der Waals surface area (Å²) in [6.07, 6.45) is 0.993. The van der Waals surface area contributed by atoms with Crippen LogP contribution in [0.2, 0.25) is 0 Å². The summed E-state index contributed by atoms with van der Waals surface area (Å²) >= 11 is 0. The number of hydrogen-bond donors (Lipinski definition) is 1. The lowest BCUT2D eigenvalue weighted by Gasteiger charge is -2.34. The number of imidazole rings is 1. The number of para-hydroxylation sites is 2. The maximum atomic E-state index is 12.8. The van der Waals surface area contributed by atoms with E-state index in [9.17, 15) is 4.79 Å². The van der Waals surface area contributed by atoms with Gasteiger partial charge >= 0.3 is 0 Å². The number of benzene rings is 2. The molecule has 1 aliphatic heterocycles. The summed E-state index contributed by atoms with van der Waals surface area (Å²) in [7, 11) is 0. The molecule has 2 heterocycles. The Morgan fingerprint density at radius 1 is 0.962 bits per heavy atom. The standard InChI is InChI=1S/C21H22N4O/c26-20(17-14-16(17)15-6-2-1-3-7-15)24-10-12-25(13-11-24)21-22-18-8-4-5-9-19(18)23-21/h1-9,16-17H,10-14H2,(H,22,23)/t16-,17+/m0/s1. The lowest BCUT2D eigenvalue weighted by atomic mass is 10.1. The van der Waals surface area contributed by atoms with Crippen LogP contribution in [0.1, 0.15) is 17.9 Å². The van der Waals surface area contributed by atoms with E-state index in [2.05, 4.69) is 39.1 Å². The van der Waals surface area contributed by atoms with Crippen molar-refractivity contribution in [1.29, 1.82) is 0 Å². The van der Waals surface area contributed by atoms with Gasteiger partial charge in [-0.05, 0) is 30.0 Å². The number of aromatic nitrogens is 2. The molecule has 0 bridgehead atoms. The third kappa shape index (κ3) is 2.73. The van der Waals surface area contributed by atoms with Crippen LogP contribution in [-0.2, 0) is 4.79 Å². The van der Waals surface area contributed by atoms with Gasteiger partial charge in [-0.1, -0.05) is 42.5 Å². The van der Waals surface area contributed by atoms with E-state index in [4.69, 9.17) is 0 Å². The van der Waals surface area contributed by atoms with Crippen molar-refractivity contribution < 1.29 is 4.79 Å². The van der Waals surface area contributed by atoms with Gasteiger partial charge in [0.25, 0.3) is 0 Å². The summed E-state index contributed by atoms with van der Waals surface area (Å²) in [6.45, 7) is 3.20. The van der Waals surface area contributed by atoms with Crippen molar-refractivity contribution >= 4 is 22.9 Å². The average molecular weight is 346 g/mol. The first kappa shape index (κ1) is 15.4. The summed E-state index contributed by atoms with van der Waals surface area (Å²) in [5.41, 5.74) is 3.35. The second-order valence-corrected chi connectivity index (χ2v) is 7.25. The molecule has 5 rings (SSSR count). The summed E-state index contributed by atoms with van der Waals surface area (Å²) in [5, 5.41) is 0. The van der Waals surface area contributed by atoms with Crippen LogP contribution in [0, 0.1) is 5.92 Å². The van der Waals surface area contributed by atoms with Crippen molar-refractivity contribution in [2.24, 2.45) is 5.92 Å². The Morgan fingerprint density at radius 2 is 1.69 bits per heavy atom. The molecule has 26 heavy (non-hydrogen) atoms. The van der Waals surface area contributed by atoms with Crippen LogP contribution in [0.4, 0.5) is 5.95 Å². The molecule has 132 valence electrons. The Kier molecular flexibility index (Phi) is 3.66. The summed E-state index contributed by atoms with van der Waals surface area (Å²) in [4.78, 5) is 25.1. The Morgan fingerprint density at radius 3 is 2.46 bits per heavy atom. The largest absolute Gasteiger partial charge is 0.339 e. The number of amides is 1. The number of anilines is 1. The molecule has 2 fully saturated rings. The molecule has 5 nitrogen and oxygen atoms in total. The number of nitrogens with zero attached hydrogens (tertiary/aromatic N) is 3. The quantitative estimate of drug-likeness (QED) is 0.793. The fourth-order valence-corrected chi connectivity index (χ4v) is 4.00. The van der Waals surface area contributed by atoms with Crippen molar-refractivity contribution in [1.82, 2.24) is 14.9 Å². The van der Waals surface area contributed by atoms with Crippen molar-refractivity contribution in [3.05, 3.63) is 60.2 Å². The van der Waals surface area contributed by atoms with E-state index >= 15 is 0 Å². The number of H-pyrrole nitrogens is 1. The van der Waals surface area contributed by atoms with Crippen molar-refractivity contribution in [2.45, 2.75) is 12.3 Å².